The number of fused-ring (bicyclic) bond motifs is 1. The van der Waals surface area contributed by atoms with E-state index in [2.05, 4.69) is 15.0 Å². The van der Waals surface area contributed by atoms with Crippen LogP contribution in [0.25, 0.3) is 11.2 Å². The normalized spacial score (nSPS) is 11.5. The number of anilines is 1. The number of aryl methyl sites for hydroxylation is 1. The molecule has 0 aliphatic carbocycles. The van der Waals surface area contributed by atoms with E-state index in [9.17, 15) is 5.11 Å². The number of nitrogen functional groups attached to an aromatic ring is 1. The number of imidazole rings is 1. The van der Waals surface area contributed by atoms with Crippen molar-refractivity contribution in [2.75, 3.05) is 5.73 Å². The minimum Gasteiger partial charge on any atom is -0.480 e. The molecule has 0 aliphatic rings. The van der Waals surface area contributed by atoms with Gasteiger partial charge in [-0.05, 0) is 13.8 Å². The van der Waals surface area contributed by atoms with E-state index in [1.54, 1.807) is 4.57 Å². The Morgan fingerprint density at radius 3 is 2.56 bits per heavy atom. The van der Waals surface area contributed by atoms with Crippen LogP contribution in [0.4, 0.5) is 5.82 Å². The van der Waals surface area contributed by atoms with Crippen LogP contribution in [0.15, 0.2) is 0 Å². The van der Waals surface area contributed by atoms with Crippen LogP contribution in [0.3, 0.4) is 0 Å². The summed E-state index contributed by atoms with van der Waals surface area (Å²) in [6.07, 6.45) is 0.699. The molecular formula is C10H15N5O. The first-order valence-corrected chi connectivity index (χ1v) is 5.27. The lowest BCUT2D eigenvalue weighted by atomic mass is 10.3. The number of aromatic hydroxyl groups is 1. The zero-order chi connectivity index (χ0) is 11.9. The van der Waals surface area contributed by atoms with Crippen molar-refractivity contribution in [1.29, 1.82) is 0 Å². The van der Waals surface area contributed by atoms with E-state index in [4.69, 9.17) is 5.73 Å². The molecule has 2 aromatic heterocycles. The van der Waals surface area contributed by atoms with Gasteiger partial charge in [0.1, 0.15) is 5.82 Å². The highest BCUT2D eigenvalue weighted by Crippen LogP contribution is 2.26. The zero-order valence-electron chi connectivity index (χ0n) is 9.60. The first-order valence-electron chi connectivity index (χ1n) is 5.27. The van der Waals surface area contributed by atoms with Gasteiger partial charge in [-0.25, -0.2) is 9.97 Å². The highest BCUT2D eigenvalue weighted by molar-refractivity contribution is 5.82. The second-order valence-electron chi connectivity index (χ2n) is 3.93. The van der Waals surface area contributed by atoms with Crippen LogP contribution in [0.2, 0.25) is 0 Å². The Labute approximate surface area is 93.1 Å². The molecule has 16 heavy (non-hydrogen) atoms. The second-order valence-corrected chi connectivity index (χ2v) is 3.93. The number of aromatic nitrogens is 4. The lowest BCUT2D eigenvalue weighted by molar-refractivity contribution is 0.387. The fourth-order valence-electron chi connectivity index (χ4n) is 1.66. The van der Waals surface area contributed by atoms with Crippen molar-refractivity contribution in [3.63, 3.8) is 0 Å². The van der Waals surface area contributed by atoms with Gasteiger partial charge in [-0.1, -0.05) is 6.92 Å². The molecule has 6 heteroatoms. The smallest absolute Gasteiger partial charge is 0.296 e. The topological polar surface area (TPSA) is 89.9 Å². The first-order chi connectivity index (χ1) is 7.54. The van der Waals surface area contributed by atoms with E-state index in [1.807, 2.05) is 20.8 Å². The third kappa shape index (κ3) is 1.46. The largest absolute Gasteiger partial charge is 0.480 e. The van der Waals surface area contributed by atoms with Crippen LogP contribution in [0, 0.1) is 0 Å². The van der Waals surface area contributed by atoms with Crippen molar-refractivity contribution in [1.82, 2.24) is 19.5 Å². The summed E-state index contributed by atoms with van der Waals surface area (Å²) in [4.78, 5) is 12.4. The SMILES string of the molecule is CCc1nc(N)c2nc(O)n(C(C)C)c2n1. The Bertz CT molecular complexity index is 531. The standard InChI is InChI=1S/C10H15N5O/c1-4-6-12-8(11)7-9(13-6)15(5(2)3)10(16)14-7/h5H,4H2,1-3H3,(H,14,16)(H2,11,12,13). The van der Waals surface area contributed by atoms with Crippen molar-refractivity contribution in [3.05, 3.63) is 5.82 Å². The van der Waals surface area contributed by atoms with Crippen molar-refractivity contribution < 1.29 is 5.11 Å². The van der Waals surface area contributed by atoms with Crippen LogP contribution in [-0.2, 0) is 6.42 Å². The Balaban J connectivity index is 2.81. The molecule has 0 bridgehead atoms. The number of hydrogen-bond donors (Lipinski definition) is 2. The summed E-state index contributed by atoms with van der Waals surface area (Å²) in [5, 5.41) is 9.72. The van der Waals surface area contributed by atoms with E-state index in [0.717, 1.165) is 0 Å². The van der Waals surface area contributed by atoms with Crippen molar-refractivity contribution >= 4 is 17.0 Å². The van der Waals surface area contributed by atoms with Crippen LogP contribution in [0.5, 0.6) is 6.01 Å². The molecule has 86 valence electrons. The molecule has 0 spiro atoms. The second kappa shape index (κ2) is 3.62. The summed E-state index contributed by atoms with van der Waals surface area (Å²) in [7, 11) is 0. The third-order valence-electron chi connectivity index (χ3n) is 2.43. The van der Waals surface area contributed by atoms with Gasteiger partial charge < -0.3 is 10.8 Å². The van der Waals surface area contributed by atoms with Crippen LogP contribution >= 0.6 is 0 Å². The minimum absolute atomic E-state index is 0.0701. The number of nitrogens with zero attached hydrogens (tertiary/aromatic N) is 4. The summed E-state index contributed by atoms with van der Waals surface area (Å²) in [6.45, 7) is 5.85. The Morgan fingerprint density at radius 2 is 2.00 bits per heavy atom. The van der Waals surface area contributed by atoms with Gasteiger partial charge in [-0.15, -0.1) is 0 Å². The van der Waals surface area contributed by atoms with E-state index in [1.165, 1.54) is 0 Å². The monoisotopic (exact) mass is 221 g/mol. The molecule has 6 nitrogen and oxygen atoms in total. The molecule has 0 atom stereocenters. The van der Waals surface area contributed by atoms with Gasteiger partial charge in [-0.3, -0.25) is 4.57 Å². The average molecular weight is 221 g/mol. The maximum Gasteiger partial charge on any atom is 0.296 e. The summed E-state index contributed by atoms with van der Waals surface area (Å²) >= 11 is 0. The van der Waals surface area contributed by atoms with Gasteiger partial charge in [0.15, 0.2) is 17.0 Å². The number of nitrogens with two attached hydrogens (primary N) is 1. The quantitative estimate of drug-likeness (QED) is 0.796. The lowest BCUT2D eigenvalue weighted by Crippen LogP contribution is -2.05. The van der Waals surface area contributed by atoms with E-state index in [-0.39, 0.29) is 12.1 Å². The van der Waals surface area contributed by atoms with Gasteiger partial charge in [-0.2, -0.15) is 4.98 Å². The van der Waals surface area contributed by atoms with Gasteiger partial charge in [0.25, 0.3) is 6.01 Å². The van der Waals surface area contributed by atoms with Crippen LogP contribution in [-0.4, -0.2) is 24.6 Å². The molecule has 0 aromatic carbocycles. The van der Waals surface area contributed by atoms with Gasteiger partial charge in [0.05, 0.1) is 0 Å². The lowest BCUT2D eigenvalue weighted by Gasteiger charge is -2.08. The van der Waals surface area contributed by atoms with Crippen molar-refractivity contribution in [2.45, 2.75) is 33.2 Å². The average Bonchev–Trinajstić information content (AvgIpc) is 2.54. The molecule has 3 N–H and O–H groups in total. The third-order valence-corrected chi connectivity index (χ3v) is 2.43. The molecule has 2 aromatic rings. The van der Waals surface area contributed by atoms with E-state index >= 15 is 0 Å². The summed E-state index contributed by atoms with van der Waals surface area (Å²) in [5.41, 5.74) is 6.83. The van der Waals surface area contributed by atoms with Gasteiger partial charge >= 0.3 is 0 Å². The molecule has 0 saturated carbocycles. The molecule has 0 radical (unpaired) electrons. The Kier molecular flexibility index (Phi) is 2.41. The summed E-state index contributed by atoms with van der Waals surface area (Å²) < 4.78 is 1.65. The van der Waals surface area contributed by atoms with Crippen LogP contribution < -0.4 is 5.73 Å². The molecule has 0 amide bonds. The highest BCUT2D eigenvalue weighted by Gasteiger charge is 2.17. The molecule has 2 heterocycles. The molecule has 0 unspecified atom stereocenters. The summed E-state index contributed by atoms with van der Waals surface area (Å²) in [6, 6.07) is 0.00302. The molecule has 0 fully saturated rings. The molecule has 0 saturated heterocycles. The number of rotatable bonds is 2. The van der Waals surface area contributed by atoms with Crippen molar-refractivity contribution in [2.24, 2.45) is 0 Å². The predicted octanol–water partition coefficient (Wildman–Crippen LogP) is 1.26. The Hall–Kier alpha value is -1.85. The Morgan fingerprint density at radius 1 is 1.31 bits per heavy atom. The number of hydrogen-bond acceptors (Lipinski definition) is 5. The van der Waals surface area contributed by atoms with Crippen LogP contribution in [0.1, 0.15) is 32.6 Å². The zero-order valence-corrected chi connectivity index (χ0v) is 9.60. The molecule has 0 aliphatic heterocycles. The maximum atomic E-state index is 9.72. The van der Waals surface area contributed by atoms with Gasteiger partial charge in [0, 0.05) is 12.5 Å². The highest BCUT2D eigenvalue weighted by atomic mass is 16.3. The predicted molar refractivity (Wildman–Crippen MR) is 61.2 cm³/mol. The van der Waals surface area contributed by atoms with E-state index < -0.39 is 0 Å². The minimum atomic E-state index is -0.0701. The fourth-order valence-corrected chi connectivity index (χ4v) is 1.66. The summed E-state index contributed by atoms with van der Waals surface area (Å²) in [5.74, 6) is 0.975. The molecule has 2 rings (SSSR count). The molecular weight excluding hydrogens is 206 g/mol. The van der Waals surface area contributed by atoms with Gasteiger partial charge in [0.2, 0.25) is 0 Å². The fraction of sp³-hybridized carbons (Fsp3) is 0.500. The first kappa shape index (κ1) is 10.7. The van der Waals surface area contributed by atoms with E-state index in [0.29, 0.717) is 29.2 Å². The maximum absolute atomic E-state index is 9.72. The van der Waals surface area contributed by atoms with Crippen molar-refractivity contribution in [3.8, 4) is 6.01 Å².